The molecule has 0 bridgehead atoms. The Hall–Kier alpha value is -4.13. The van der Waals surface area contributed by atoms with E-state index in [-0.39, 0.29) is 0 Å². The van der Waals surface area contributed by atoms with Gasteiger partial charge in [0.2, 0.25) is 0 Å². The number of furan rings is 1. The molecule has 0 aliphatic carbocycles. The second-order valence-electron chi connectivity index (χ2n) is 6.27. The number of esters is 1. The van der Waals surface area contributed by atoms with Gasteiger partial charge in [0.15, 0.2) is 12.4 Å². The van der Waals surface area contributed by atoms with Gasteiger partial charge in [-0.15, -0.1) is 0 Å². The van der Waals surface area contributed by atoms with Gasteiger partial charge in [0.25, 0.3) is 5.91 Å². The molecule has 0 atom stereocenters. The normalized spacial score (nSPS) is 11.2. The Morgan fingerprint density at radius 1 is 1.10 bits per heavy atom. The van der Waals surface area contributed by atoms with Gasteiger partial charge in [-0.25, -0.2) is 9.48 Å². The number of benzene rings is 2. The third-order valence-corrected chi connectivity index (χ3v) is 4.18. The van der Waals surface area contributed by atoms with Crippen molar-refractivity contribution in [2.75, 3.05) is 6.61 Å². The number of amides is 1. The summed E-state index contributed by atoms with van der Waals surface area (Å²) in [6, 6.07) is 19.1. The molecule has 2 aromatic carbocycles. The van der Waals surface area contributed by atoms with Crippen LogP contribution in [0.25, 0.3) is 34.2 Å². The van der Waals surface area contributed by atoms with Crippen LogP contribution < -0.4 is 5.73 Å². The second kappa shape index (κ2) is 7.85. The van der Waals surface area contributed by atoms with Crippen molar-refractivity contribution in [3.05, 3.63) is 78.5 Å². The van der Waals surface area contributed by atoms with Crippen LogP contribution in [0.1, 0.15) is 5.56 Å². The van der Waals surface area contributed by atoms with Gasteiger partial charge in [-0.2, -0.15) is 5.10 Å². The Kier molecular flexibility index (Phi) is 4.94. The molecule has 1 amide bonds. The first-order chi connectivity index (χ1) is 14.1. The maximum Gasteiger partial charge on any atom is 0.331 e. The fourth-order valence-electron chi connectivity index (χ4n) is 2.86. The lowest BCUT2D eigenvalue weighted by atomic mass is 10.2. The molecule has 0 unspecified atom stereocenters. The summed E-state index contributed by atoms with van der Waals surface area (Å²) in [5, 5.41) is 5.59. The smallest absolute Gasteiger partial charge is 0.331 e. The fourth-order valence-corrected chi connectivity index (χ4v) is 2.86. The summed E-state index contributed by atoms with van der Waals surface area (Å²) < 4.78 is 12.4. The van der Waals surface area contributed by atoms with E-state index in [2.05, 4.69) is 5.10 Å². The molecule has 7 nitrogen and oxygen atoms in total. The first kappa shape index (κ1) is 18.2. The summed E-state index contributed by atoms with van der Waals surface area (Å²) in [6.07, 6.45) is 4.58. The number of para-hydroxylation sites is 2. The third kappa shape index (κ3) is 4.08. The number of hydrogen-bond donors (Lipinski definition) is 1. The first-order valence-corrected chi connectivity index (χ1v) is 8.87. The van der Waals surface area contributed by atoms with E-state index >= 15 is 0 Å². The van der Waals surface area contributed by atoms with E-state index in [9.17, 15) is 9.59 Å². The molecule has 144 valence electrons. The largest absolute Gasteiger partial charge is 0.454 e. The molecule has 29 heavy (non-hydrogen) atoms. The summed E-state index contributed by atoms with van der Waals surface area (Å²) in [4.78, 5) is 22.6. The Morgan fingerprint density at radius 3 is 2.62 bits per heavy atom. The number of rotatable bonds is 6. The van der Waals surface area contributed by atoms with E-state index in [1.807, 2.05) is 60.7 Å². The number of nitrogens with zero attached hydrogens (tertiary/aromatic N) is 2. The molecule has 4 aromatic rings. The minimum atomic E-state index is -0.716. The van der Waals surface area contributed by atoms with Gasteiger partial charge in [-0.3, -0.25) is 4.79 Å². The predicted molar refractivity (Wildman–Crippen MR) is 108 cm³/mol. The van der Waals surface area contributed by atoms with Crippen molar-refractivity contribution < 1.29 is 18.7 Å². The lowest BCUT2D eigenvalue weighted by molar-refractivity contribution is -0.142. The highest BCUT2D eigenvalue weighted by Crippen LogP contribution is 2.30. The lowest BCUT2D eigenvalue weighted by Gasteiger charge is -1.98. The Balaban J connectivity index is 1.73. The minimum Gasteiger partial charge on any atom is -0.454 e. The van der Waals surface area contributed by atoms with Crippen molar-refractivity contribution in [3.8, 4) is 17.1 Å². The van der Waals surface area contributed by atoms with E-state index < -0.39 is 18.5 Å². The van der Waals surface area contributed by atoms with Crippen molar-refractivity contribution in [2.45, 2.75) is 0 Å². The van der Waals surface area contributed by atoms with E-state index in [1.54, 1.807) is 17.0 Å². The molecule has 2 aromatic heterocycles. The highest BCUT2D eigenvalue weighted by molar-refractivity contribution is 5.91. The van der Waals surface area contributed by atoms with Crippen molar-refractivity contribution in [3.63, 3.8) is 0 Å². The van der Waals surface area contributed by atoms with Gasteiger partial charge >= 0.3 is 5.97 Å². The lowest BCUT2D eigenvalue weighted by Crippen LogP contribution is -2.19. The van der Waals surface area contributed by atoms with Gasteiger partial charge in [0, 0.05) is 23.2 Å². The summed E-state index contributed by atoms with van der Waals surface area (Å²) in [5.74, 6) is -0.815. The van der Waals surface area contributed by atoms with E-state index in [1.165, 1.54) is 6.08 Å². The number of ether oxygens (including phenoxy) is 1. The third-order valence-electron chi connectivity index (χ3n) is 4.18. The highest BCUT2D eigenvalue weighted by atomic mass is 16.5. The molecule has 7 heteroatoms. The molecular weight excluding hydrogens is 370 g/mol. The molecule has 0 spiro atoms. The van der Waals surface area contributed by atoms with Crippen LogP contribution in [-0.2, 0) is 14.3 Å². The van der Waals surface area contributed by atoms with E-state index in [0.29, 0.717) is 17.0 Å². The Bertz CT molecular complexity index is 1170. The second-order valence-corrected chi connectivity index (χ2v) is 6.27. The summed E-state index contributed by atoms with van der Waals surface area (Å²) >= 11 is 0. The zero-order valence-electron chi connectivity index (χ0n) is 15.3. The van der Waals surface area contributed by atoms with Crippen LogP contribution in [-0.4, -0.2) is 28.3 Å². The molecule has 0 aliphatic heterocycles. The van der Waals surface area contributed by atoms with Gasteiger partial charge in [-0.05, 0) is 30.3 Å². The monoisotopic (exact) mass is 387 g/mol. The minimum absolute atomic E-state index is 0.469. The Labute approximate surface area is 166 Å². The van der Waals surface area contributed by atoms with Gasteiger partial charge < -0.3 is 14.9 Å². The molecule has 0 radical (unpaired) electrons. The number of fused-ring (bicyclic) bond motifs is 1. The average molecular weight is 387 g/mol. The molecule has 2 N–H and O–H groups in total. The number of hydrogen-bond acceptors (Lipinski definition) is 5. The van der Waals surface area contributed by atoms with Crippen LogP contribution in [0.15, 0.2) is 77.4 Å². The number of carbonyl (C=O) groups is 2. The van der Waals surface area contributed by atoms with Gasteiger partial charge in [0.1, 0.15) is 11.3 Å². The van der Waals surface area contributed by atoms with Crippen LogP contribution >= 0.6 is 0 Å². The standard InChI is InChI=1S/C22H17N3O4/c23-20(26)14-28-21(27)11-10-16-13-25(17-7-2-1-3-8-17)24-22(16)19-12-15-6-4-5-9-18(15)29-19/h1-13H,14H2,(H2,23,26)/b11-10+. The van der Waals surface area contributed by atoms with Crippen molar-refractivity contribution >= 4 is 28.9 Å². The van der Waals surface area contributed by atoms with Crippen LogP contribution in [0.2, 0.25) is 0 Å². The SMILES string of the molecule is NC(=O)COC(=O)/C=C/c1cn(-c2ccccc2)nc1-c1cc2ccccc2o1. The number of carbonyl (C=O) groups excluding carboxylic acids is 2. The molecular formula is C22H17N3O4. The zero-order chi connectivity index (χ0) is 20.2. The topological polar surface area (TPSA) is 100 Å². The molecule has 4 rings (SSSR count). The summed E-state index contributed by atoms with van der Waals surface area (Å²) in [7, 11) is 0. The zero-order valence-corrected chi connectivity index (χ0v) is 15.3. The quantitative estimate of drug-likeness (QED) is 0.404. The van der Waals surface area contributed by atoms with Crippen LogP contribution in [0, 0.1) is 0 Å². The molecule has 0 aliphatic rings. The predicted octanol–water partition coefficient (Wildman–Crippen LogP) is 3.33. The highest BCUT2D eigenvalue weighted by Gasteiger charge is 2.15. The van der Waals surface area contributed by atoms with E-state index in [4.69, 9.17) is 14.9 Å². The maximum absolute atomic E-state index is 11.8. The molecule has 0 saturated carbocycles. The van der Waals surface area contributed by atoms with Crippen LogP contribution in [0.3, 0.4) is 0 Å². The molecule has 2 heterocycles. The van der Waals surface area contributed by atoms with Crippen molar-refractivity contribution in [1.29, 1.82) is 0 Å². The summed E-state index contributed by atoms with van der Waals surface area (Å²) in [6.45, 7) is -0.469. The molecule has 0 saturated heterocycles. The Morgan fingerprint density at radius 2 is 1.86 bits per heavy atom. The molecule has 0 fully saturated rings. The van der Waals surface area contributed by atoms with Gasteiger partial charge in [-0.1, -0.05) is 36.4 Å². The van der Waals surface area contributed by atoms with Crippen molar-refractivity contribution in [2.24, 2.45) is 5.73 Å². The summed E-state index contributed by atoms with van der Waals surface area (Å²) in [5.41, 5.74) is 7.82. The fraction of sp³-hybridized carbons (Fsp3) is 0.0455. The maximum atomic E-state index is 11.8. The van der Waals surface area contributed by atoms with Crippen molar-refractivity contribution in [1.82, 2.24) is 9.78 Å². The number of primary amides is 1. The first-order valence-electron chi connectivity index (χ1n) is 8.87. The average Bonchev–Trinajstić information content (AvgIpc) is 3.35. The number of nitrogens with two attached hydrogens (primary N) is 1. The number of aromatic nitrogens is 2. The van der Waals surface area contributed by atoms with Crippen LogP contribution in [0.4, 0.5) is 0 Å². The van der Waals surface area contributed by atoms with E-state index in [0.717, 1.165) is 16.7 Å². The van der Waals surface area contributed by atoms with Crippen LogP contribution in [0.5, 0.6) is 0 Å². The van der Waals surface area contributed by atoms with Gasteiger partial charge in [0.05, 0.1) is 5.69 Å².